The third kappa shape index (κ3) is 1.08. The van der Waals surface area contributed by atoms with Gasteiger partial charge in [0.1, 0.15) is 6.17 Å². The Balaban J connectivity index is 2.29. The standard InChI is InChI=1S/C9H10N2O/c12-6-11-9-8-4-2-1-3-7(8)5-10-9/h1-4,6,9-10H,5H2,(H,11,12). The number of rotatable bonds is 2. The zero-order valence-corrected chi connectivity index (χ0v) is 6.58. The van der Waals surface area contributed by atoms with E-state index in [1.807, 2.05) is 18.2 Å². The van der Waals surface area contributed by atoms with E-state index in [9.17, 15) is 4.79 Å². The number of amides is 1. The third-order valence-corrected chi connectivity index (χ3v) is 2.10. The first-order valence-corrected chi connectivity index (χ1v) is 3.92. The molecule has 0 radical (unpaired) electrons. The van der Waals surface area contributed by atoms with Crippen molar-refractivity contribution in [3.05, 3.63) is 35.4 Å². The molecule has 1 aliphatic rings. The van der Waals surface area contributed by atoms with E-state index in [2.05, 4.69) is 16.7 Å². The minimum absolute atomic E-state index is 0.00120. The van der Waals surface area contributed by atoms with Crippen LogP contribution in [0.15, 0.2) is 24.3 Å². The van der Waals surface area contributed by atoms with Crippen LogP contribution in [-0.4, -0.2) is 6.41 Å². The largest absolute Gasteiger partial charge is 0.339 e. The van der Waals surface area contributed by atoms with Crippen LogP contribution in [0.5, 0.6) is 0 Å². The summed E-state index contributed by atoms with van der Waals surface area (Å²) in [5, 5.41) is 5.89. The molecular weight excluding hydrogens is 152 g/mol. The Bertz CT molecular complexity index is 298. The molecule has 2 N–H and O–H groups in total. The van der Waals surface area contributed by atoms with E-state index in [1.165, 1.54) is 11.1 Å². The van der Waals surface area contributed by atoms with Crippen LogP contribution in [-0.2, 0) is 11.3 Å². The van der Waals surface area contributed by atoms with Crippen LogP contribution >= 0.6 is 0 Å². The van der Waals surface area contributed by atoms with E-state index >= 15 is 0 Å². The van der Waals surface area contributed by atoms with Crippen molar-refractivity contribution in [3.8, 4) is 0 Å². The van der Waals surface area contributed by atoms with Crippen molar-refractivity contribution < 1.29 is 4.79 Å². The first-order chi connectivity index (χ1) is 5.92. The van der Waals surface area contributed by atoms with Gasteiger partial charge in [0.2, 0.25) is 6.41 Å². The lowest BCUT2D eigenvalue weighted by Gasteiger charge is -2.09. The number of carbonyl (C=O) groups excluding carboxylic acids is 1. The van der Waals surface area contributed by atoms with Crippen molar-refractivity contribution in [2.45, 2.75) is 12.7 Å². The molecule has 2 rings (SSSR count). The summed E-state index contributed by atoms with van der Waals surface area (Å²) >= 11 is 0. The van der Waals surface area contributed by atoms with Gasteiger partial charge in [-0.3, -0.25) is 10.1 Å². The maximum Gasteiger partial charge on any atom is 0.208 e. The summed E-state index contributed by atoms with van der Waals surface area (Å²) in [6, 6.07) is 8.07. The first kappa shape index (κ1) is 7.31. The summed E-state index contributed by atoms with van der Waals surface area (Å²) in [4.78, 5) is 10.2. The molecule has 12 heavy (non-hydrogen) atoms. The highest BCUT2D eigenvalue weighted by Gasteiger charge is 2.19. The Labute approximate surface area is 70.8 Å². The molecule has 1 aliphatic heterocycles. The van der Waals surface area contributed by atoms with E-state index in [0.29, 0.717) is 0 Å². The summed E-state index contributed by atoms with van der Waals surface area (Å²) in [5.41, 5.74) is 2.43. The summed E-state index contributed by atoms with van der Waals surface area (Å²) in [6.45, 7) is 0.835. The molecule has 0 aliphatic carbocycles. The van der Waals surface area contributed by atoms with E-state index in [4.69, 9.17) is 0 Å². The molecule has 62 valence electrons. The molecule has 1 heterocycles. The lowest BCUT2D eigenvalue weighted by molar-refractivity contribution is -0.110. The average molecular weight is 162 g/mol. The lowest BCUT2D eigenvalue weighted by atomic mass is 10.1. The van der Waals surface area contributed by atoms with Gasteiger partial charge >= 0.3 is 0 Å². The lowest BCUT2D eigenvalue weighted by Crippen LogP contribution is -2.27. The van der Waals surface area contributed by atoms with E-state index < -0.39 is 0 Å². The molecule has 1 aromatic carbocycles. The van der Waals surface area contributed by atoms with Crippen molar-refractivity contribution >= 4 is 6.41 Å². The molecule has 0 spiro atoms. The van der Waals surface area contributed by atoms with Gasteiger partial charge in [-0.1, -0.05) is 24.3 Å². The number of carbonyl (C=O) groups is 1. The van der Waals surface area contributed by atoms with Crippen molar-refractivity contribution in [3.63, 3.8) is 0 Å². The number of hydrogen-bond donors (Lipinski definition) is 2. The van der Waals surface area contributed by atoms with Crippen molar-refractivity contribution in [1.82, 2.24) is 10.6 Å². The zero-order chi connectivity index (χ0) is 8.39. The topological polar surface area (TPSA) is 41.1 Å². The Hall–Kier alpha value is -1.35. The normalized spacial score (nSPS) is 20.2. The van der Waals surface area contributed by atoms with Gasteiger partial charge in [0, 0.05) is 6.54 Å². The smallest absolute Gasteiger partial charge is 0.208 e. The number of benzene rings is 1. The van der Waals surface area contributed by atoms with Crippen LogP contribution in [0.4, 0.5) is 0 Å². The maximum absolute atomic E-state index is 10.2. The number of nitrogens with one attached hydrogen (secondary N) is 2. The summed E-state index contributed by atoms with van der Waals surface area (Å²) in [6.07, 6.45) is 0.721. The predicted molar refractivity (Wildman–Crippen MR) is 45.2 cm³/mol. The zero-order valence-electron chi connectivity index (χ0n) is 6.58. The molecule has 0 aromatic heterocycles. The molecule has 1 atom stereocenters. The summed E-state index contributed by atoms with van der Waals surface area (Å²) in [7, 11) is 0. The fourth-order valence-electron chi connectivity index (χ4n) is 1.52. The van der Waals surface area contributed by atoms with Crippen molar-refractivity contribution in [2.24, 2.45) is 0 Å². The van der Waals surface area contributed by atoms with Gasteiger partial charge < -0.3 is 5.32 Å². The molecule has 0 bridgehead atoms. The molecule has 0 saturated heterocycles. The van der Waals surface area contributed by atoms with Gasteiger partial charge in [0.05, 0.1) is 0 Å². The SMILES string of the molecule is O=CNC1NCc2ccccc21. The minimum atomic E-state index is -0.00120. The number of fused-ring (bicyclic) bond motifs is 1. The molecule has 0 fully saturated rings. The monoisotopic (exact) mass is 162 g/mol. The Kier molecular flexibility index (Phi) is 1.80. The highest BCUT2D eigenvalue weighted by atomic mass is 16.1. The van der Waals surface area contributed by atoms with Gasteiger partial charge in [-0.25, -0.2) is 0 Å². The van der Waals surface area contributed by atoms with Crippen LogP contribution in [0, 0.1) is 0 Å². The summed E-state index contributed by atoms with van der Waals surface area (Å²) in [5.74, 6) is 0. The molecule has 1 unspecified atom stereocenters. The fraction of sp³-hybridized carbons (Fsp3) is 0.222. The molecular formula is C9H10N2O. The maximum atomic E-state index is 10.2. The van der Waals surface area contributed by atoms with Crippen LogP contribution in [0.1, 0.15) is 17.3 Å². The van der Waals surface area contributed by atoms with Gasteiger partial charge in [-0.2, -0.15) is 0 Å². The predicted octanol–water partition coefficient (Wildman–Crippen LogP) is 0.534. The van der Waals surface area contributed by atoms with Crippen LogP contribution in [0.2, 0.25) is 0 Å². The molecule has 1 amide bonds. The van der Waals surface area contributed by atoms with Crippen LogP contribution in [0.3, 0.4) is 0 Å². The number of hydrogen-bond acceptors (Lipinski definition) is 2. The van der Waals surface area contributed by atoms with Crippen molar-refractivity contribution in [2.75, 3.05) is 0 Å². The van der Waals surface area contributed by atoms with E-state index in [0.717, 1.165) is 13.0 Å². The van der Waals surface area contributed by atoms with Gasteiger partial charge in [-0.15, -0.1) is 0 Å². The first-order valence-electron chi connectivity index (χ1n) is 3.92. The molecule has 1 aromatic rings. The molecule has 3 heteroatoms. The van der Waals surface area contributed by atoms with E-state index in [-0.39, 0.29) is 6.17 Å². The Morgan fingerprint density at radius 1 is 1.50 bits per heavy atom. The highest BCUT2D eigenvalue weighted by molar-refractivity contribution is 5.49. The second-order valence-electron chi connectivity index (χ2n) is 2.80. The van der Waals surface area contributed by atoms with Gasteiger partial charge in [0.25, 0.3) is 0 Å². The third-order valence-electron chi connectivity index (χ3n) is 2.10. The summed E-state index contributed by atoms with van der Waals surface area (Å²) < 4.78 is 0. The molecule has 3 nitrogen and oxygen atoms in total. The quantitative estimate of drug-likeness (QED) is 0.623. The van der Waals surface area contributed by atoms with Gasteiger partial charge in [-0.05, 0) is 11.1 Å². The second-order valence-corrected chi connectivity index (χ2v) is 2.80. The molecule has 0 saturated carbocycles. The fourth-order valence-corrected chi connectivity index (χ4v) is 1.52. The van der Waals surface area contributed by atoms with Gasteiger partial charge in [0.15, 0.2) is 0 Å². The second kappa shape index (κ2) is 2.95. The minimum Gasteiger partial charge on any atom is -0.339 e. The van der Waals surface area contributed by atoms with Crippen molar-refractivity contribution in [1.29, 1.82) is 0 Å². The Morgan fingerprint density at radius 3 is 3.17 bits per heavy atom. The van der Waals surface area contributed by atoms with Crippen LogP contribution in [0.25, 0.3) is 0 Å². The Morgan fingerprint density at radius 2 is 2.33 bits per heavy atom. The van der Waals surface area contributed by atoms with E-state index in [1.54, 1.807) is 0 Å². The average Bonchev–Trinajstić information content (AvgIpc) is 2.50. The van der Waals surface area contributed by atoms with Crippen LogP contribution < -0.4 is 10.6 Å². The highest BCUT2D eigenvalue weighted by Crippen LogP contribution is 2.21.